The predicted molar refractivity (Wildman–Crippen MR) is 64.4 cm³/mol. The van der Waals surface area contributed by atoms with Gasteiger partial charge in [-0.05, 0) is 24.5 Å². The van der Waals surface area contributed by atoms with Gasteiger partial charge in [-0.3, -0.25) is 10.8 Å². The number of aromatic nitrogens is 1. The van der Waals surface area contributed by atoms with E-state index >= 15 is 0 Å². The van der Waals surface area contributed by atoms with Crippen molar-refractivity contribution in [2.45, 2.75) is 25.5 Å². The van der Waals surface area contributed by atoms with Crippen LogP contribution in [-0.2, 0) is 4.74 Å². The highest BCUT2D eigenvalue weighted by Crippen LogP contribution is 2.33. The molecule has 1 saturated heterocycles. The second-order valence-electron chi connectivity index (χ2n) is 4.34. The molecule has 0 aromatic carbocycles. The van der Waals surface area contributed by atoms with Crippen LogP contribution in [0.4, 0.5) is 0 Å². The van der Waals surface area contributed by atoms with Crippen molar-refractivity contribution in [2.75, 3.05) is 13.7 Å². The summed E-state index contributed by atoms with van der Waals surface area (Å²) >= 11 is 0. The van der Waals surface area contributed by atoms with Gasteiger partial charge in [0.05, 0.1) is 19.3 Å². The number of hydrogen-bond acceptors (Lipinski definition) is 5. The fourth-order valence-corrected chi connectivity index (χ4v) is 2.28. The van der Waals surface area contributed by atoms with Crippen LogP contribution in [0.15, 0.2) is 18.3 Å². The van der Waals surface area contributed by atoms with Crippen molar-refractivity contribution in [3.8, 4) is 5.75 Å². The summed E-state index contributed by atoms with van der Waals surface area (Å²) in [6, 6.07) is 3.59. The van der Waals surface area contributed by atoms with E-state index in [2.05, 4.69) is 17.3 Å². The lowest BCUT2D eigenvalue weighted by Crippen LogP contribution is -2.39. The van der Waals surface area contributed by atoms with Gasteiger partial charge < -0.3 is 9.47 Å². The zero-order valence-corrected chi connectivity index (χ0v) is 10.2. The van der Waals surface area contributed by atoms with Gasteiger partial charge in [-0.15, -0.1) is 0 Å². The molecule has 2 heterocycles. The van der Waals surface area contributed by atoms with E-state index in [1.165, 1.54) is 0 Å². The molecule has 94 valence electrons. The number of ether oxygens (including phenoxy) is 2. The largest absolute Gasteiger partial charge is 0.495 e. The quantitative estimate of drug-likeness (QED) is 0.604. The SMILES string of the molecule is COc1cccnc1C(NN)C1OCCC1C. The first kappa shape index (κ1) is 12.3. The number of nitrogens with one attached hydrogen (secondary N) is 1. The maximum atomic E-state index is 5.73. The molecule has 1 fully saturated rings. The molecule has 0 radical (unpaired) electrons. The summed E-state index contributed by atoms with van der Waals surface area (Å²) in [5, 5.41) is 0. The third kappa shape index (κ3) is 2.41. The zero-order chi connectivity index (χ0) is 12.3. The Bertz CT molecular complexity index is 373. The summed E-state index contributed by atoms with van der Waals surface area (Å²) in [6.07, 6.45) is 2.84. The minimum Gasteiger partial charge on any atom is -0.495 e. The second kappa shape index (κ2) is 5.44. The first-order valence-corrected chi connectivity index (χ1v) is 5.84. The van der Waals surface area contributed by atoms with E-state index in [0.29, 0.717) is 5.92 Å². The van der Waals surface area contributed by atoms with E-state index in [-0.39, 0.29) is 12.1 Å². The van der Waals surface area contributed by atoms with Crippen molar-refractivity contribution in [3.05, 3.63) is 24.0 Å². The molecule has 0 saturated carbocycles. The molecular weight excluding hydrogens is 218 g/mol. The molecule has 3 unspecified atom stereocenters. The highest BCUT2D eigenvalue weighted by molar-refractivity contribution is 5.30. The summed E-state index contributed by atoms with van der Waals surface area (Å²) in [5.41, 5.74) is 3.60. The molecule has 1 aromatic heterocycles. The lowest BCUT2D eigenvalue weighted by Gasteiger charge is -2.25. The summed E-state index contributed by atoms with van der Waals surface area (Å²) in [4.78, 5) is 4.35. The molecule has 0 spiro atoms. The Morgan fingerprint density at radius 3 is 3.06 bits per heavy atom. The zero-order valence-electron chi connectivity index (χ0n) is 10.2. The molecule has 0 aliphatic carbocycles. The standard InChI is InChI=1S/C12H19N3O2/c1-8-5-7-17-12(8)11(15-13)10-9(16-2)4-3-6-14-10/h3-4,6,8,11-12,15H,5,7,13H2,1-2H3. The summed E-state index contributed by atoms with van der Waals surface area (Å²) in [7, 11) is 1.63. The number of methoxy groups -OCH3 is 1. The van der Waals surface area contributed by atoms with Crippen molar-refractivity contribution >= 4 is 0 Å². The van der Waals surface area contributed by atoms with E-state index in [1.54, 1.807) is 13.3 Å². The fraction of sp³-hybridized carbons (Fsp3) is 0.583. The molecule has 17 heavy (non-hydrogen) atoms. The Morgan fingerprint density at radius 2 is 2.47 bits per heavy atom. The minimum absolute atomic E-state index is 0.0452. The van der Waals surface area contributed by atoms with Gasteiger partial charge in [0.2, 0.25) is 0 Å². The van der Waals surface area contributed by atoms with E-state index in [9.17, 15) is 0 Å². The van der Waals surface area contributed by atoms with Gasteiger partial charge >= 0.3 is 0 Å². The summed E-state index contributed by atoms with van der Waals surface area (Å²) in [6.45, 7) is 2.94. The first-order valence-electron chi connectivity index (χ1n) is 5.84. The van der Waals surface area contributed by atoms with Gasteiger partial charge in [0.15, 0.2) is 0 Å². The second-order valence-corrected chi connectivity index (χ2v) is 4.34. The monoisotopic (exact) mass is 237 g/mol. The molecule has 0 bridgehead atoms. The average Bonchev–Trinajstić information content (AvgIpc) is 2.78. The number of pyridine rings is 1. The van der Waals surface area contributed by atoms with Crippen LogP contribution in [0.1, 0.15) is 25.1 Å². The van der Waals surface area contributed by atoms with Crippen molar-refractivity contribution < 1.29 is 9.47 Å². The lowest BCUT2D eigenvalue weighted by molar-refractivity contribution is 0.0586. The van der Waals surface area contributed by atoms with E-state index < -0.39 is 0 Å². The topological polar surface area (TPSA) is 69.4 Å². The predicted octanol–water partition coefficient (Wildman–Crippen LogP) is 1.02. The Labute approximate surface area is 101 Å². The van der Waals surface area contributed by atoms with E-state index in [4.69, 9.17) is 15.3 Å². The highest BCUT2D eigenvalue weighted by Gasteiger charge is 2.34. The van der Waals surface area contributed by atoms with Crippen LogP contribution in [-0.4, -0.2) is 24.8 Å². The molecule has 3 atom stereocenters. The van der Waals surface area contributed by atoms with Crippen LogP contribution in [0.2, 0.25) is 0 Å². The maximum absolute atomic E-state index is 5.73. The number of nitrogens with zero attached hydrogens (tertiary/aromatic N) is 1. The third-order valence-corrected chi connectivity index (χ3v) is 3.27. The molecule has 1 aromatic rings. The van der Waals surface area contributed by atoms with E-state index in [1.807, 2.05) is 12.1 Å². The molecule has 1 aliphatic heterocycles. The van der Waals surface area contributed by atoms with Crippen LogP contribution in [0.25, 0.3) is 0 Å². The van der Waals surface area contributed by atoms with Crippen LogP contribution in [0, 0.1) is 5.92 Å². The molecule has 3 N–H and O–H groups in total. The normalized spacial score (nSPS) is 25.8. The average molecular weight is 237 g/mol. The minimum atomic E-state index is -0.136. The van der Waals surface area contributed by atoms with Gasteiger partial charge in [-0.1, -0.05) is 6.92 Å². The van der Waals surface area contributed by atoms with Crippen LogP contribution < -0.4 is 16.0 Å². The Balaban J connectivity index is 2.28. The highest BCUT2D eigenvalue weighted by atomic mass is 16.5. The summed E-state index contributed by atoms with van der Waals surface area (Å²) in [5.74, 6) is 6.84. The fourth-order valence-electron chi connectivity index (χ4n) is 2.28. The maximum Gasteiger partial charge on any atom is 0.142 e. The van der Waals surface area contributed by atoms with Gasteiger partial charge in [0.25, 0.3) is 0 Å². The molecule has 2 rings (SSSR count). The molecule has 5 heteroatoms. The van der Waals surface area contributed by atoms with Crippen molar-refractivity contribution in [3.63, 3.8) is 0 Å². The third-order valence-electron chi connectivity index (χ3n) is 3.27. The van der Waals surface area contributed by atoms with Crippen LogP contribution in [0.3, 0.4) is 0 Å². The Hall–Kier alpha value is -1.17. The first-order chi connectivity index (χ1) is 8.27. The summed E-state index contributed by atoms with van der Waals surface area (Å²) < 4.78 is 11.0. The lowest BCUT2D eigenvalue weighted by atomic mass is 9.95. The Kier molecular flexibility index (Phi) is 3.93. The van der Waals surface area contributed by atoms with Gasteiger partial charge in [-0.2, -0.15) is 0 Å². The number of hydrogen-bond donors (Lipinski definition) is 2. The molecule has 5 nitrogen and oxygen atoms in total. The van der Waals surface area contributed by atoms with Crippen LogP contribution >= 0.6 is 0 Å². The number of rotatable bonds is 4. The smallest absolute Gasteiger partial charge is 0.142 e. The van der Waals surface area contributed by atoms with Crippen LogP contribution in [0.5, 0.6) is 5.75 Å². The van der Waals surface area contributed by atoms with Gasteiger partial charge in [-0.25, -0.2) is 5.43 Å². The molecular formula is C12H19N3O2. The van der Waals surface area contributed by atoms with E-state index in [0.717, 1.165) is 24.5 Å². The van der Waals surface area contributed by atoms with Crippen molar-refractivity contribution in [1.29, 1.82) is 0 Å². The molecule has 0 amide bonds. The van der Waals surface area contributed by atoms with Gasteiger partial charge in [0, 0.05) is 12.8 Å². The Morgan fingerprint density at radius 1 is 1.65 bits per heavy atom. The number of hydrazine groups is 1. The van der Waals surface area contributed by atoms with Crippen molar-refractivity contribution in [2.24, 2.45) is 11.8 Å². The van der Waals surface area contributed by atoms with Crippen molar-refractivity contribution in [1.82, 2.24) is 10.4 Å². The molecule has 1 aliphatic rings. The van der Waals surface area contributed by atoms with Gasteiger partial charge in [0.1, 0.15) is 11.4 Å². The number of nitrogens with two attached hydrogens (primary N) is 1.